The normalized spacial score (nSPS) is 14.9. The average Bonchev–Trinajstić information content (AvgIpc) is 2.86. The zero-order chi connectivity index (χ0) is 20.2. The van der Waals surface area contributed by atoms with Crippen LogP contribution in [-0.4, -0.2) is 0 Å². The van der Waals surface area contributed by atoms with Crippen LogP contribution < -0.4 is 10.6 Å². The summed E-state index contributed by atoms with van der Waals surface area (Å²) in [5, 5.41) is 2.64. The molecule has 0 bridgehead atoms. The van der Waals surface area contributed by atoms with E-state index in [1.165, 1.54) is 10.6 Å². The van der Waals surface area contributed by atoms with Gasteiger partial charge in [0.2, 0.25) is 0 Å². The van der Waals surface area contributed by atoms with Crippen LogP contribution in [0.15, 0.2) is 133 Å². The Bertz CT molecular complexity index is 1080. The van der Waals surface area contributed by atoms with Gasteiger partial charge in [-0.1, -0.05) is 97.1 Å². The SMILES string of the molecule is C1=C(c2ccccc2)OC(c2ccccc2)=C[P+]1(c1ccccc1)c1ccccc1. The summed E-state index contributed by atoms with van der Waals surface area (Å²) in [7, 11) is -1.99. The molecule has 144 valence electrons. The maximum atomic E-state index is 6.51. The van der Waals surface area contributed by atoms with Crippen molar-refractivity contribution < 1.29 is 4.74 Å². The lowest BCUT2D eigenvalue weighted by Gasteiger charge is -2.27. The van der Waals surface area contributed by atoms with Gasteiger partial charge < -0.3 is 4.74 Å². The van der Waals surface area contributed by atoms with Gasteiger partial charge in [-0.2, -0.15) is 0 Å². The van der Waals surface area contributed by atoms with E-state index in [1.807, 2.05) is 12.1 Å². The summed E-state index contributed by atoms with van der Waals surface area (Å²) in [5.74, 6) is 6.55. The second kappa shape index (κ2) is 8.14. The Morgan fingerprint density at radius 2 is 0.733 bits per heavy atom. The maximum absolute atomic E-state index is 6.51. The fraction of sp³-hybridized carbons (Fsp3) is 0. The second-order valence-corrected chi connectivity index (χ2v) is 10.4. The lowest BCUT2D eigenvalue weighted by Crippen LogP contribution is -2.21. The van der Waals surface area contributed by atoms with Crippen LogP contribution >= 0.6 is 7.26 Å². The molecule has 4 aromatic carbocycles. The summed E-state index contributed by atoms with van der Waals surface area (Å²) >= 11 is 0. The lowest BCUT2D eigenvalue weighted by atomic mass is 10.2. The first kappa shape index (κ1) is 18.6. The van der Waals surface area contributed by atoms with Gasteiger partial charge in [0.05, 0.1) is 0 Å². The molecule has 5 rings (SSSR count). The van der Waals surface area contributed by atoms with Crippen LogP contribution in [0.2, 0.25) is 0 Å². The topological polar surface area (TPSA) is 9.23 Å². The van der Waals surface area contributed by atoms with Crippen LogP contribution in [0.5, 0.6) is 0 Å². The molecular weight excluding hydrogens is 383 g/mol. The number of hydrogen-bond donors (Lipinski definition) is 0. The fourth-order valence-corrected chi connectivity index (χ4v) is 7.29. The molecule has 0 fully saturated rings. The minimum Gasteiger partial charge on any atom is -0.449 e. The highest BCUT2D eigenvalue weighted by Gasteiger charge is 2.44. The smallest absolute Gasteiger partial charge is 0.170 e. The predicted octanol–water partition coefficient (Wildman–Crippen LogP) is 6.68. The van der Waals surface area contributed by atoms with Crippen molar-refractivity contribution in [3.63, 3.8) is 0 Å². The van der Waals surface area contributed by atoms with Gasteiger partial charge in [-0.25, -0.2) is 0 Å². The molecule has 0 radical (unpaired) electrons. The van der Waals surface area contributed by atoms with Crippen molar-refractivity contribution in [2.45, 2.75) is 0 Å². The molecule has 0 unspecified atom stereocenters. The monoisotopic (exact) mass is 405 g/mol. The first-order valence-electron chi connectivity index (χ1n) is 10.1. The number of ether oxygens (including phenoxy) is 1. The van der Waals surface area contributed by atoms with Crippen molar-refractivity contribution >= 4 is 29.4 Å². The number of hydrogen-bond acceptors (Lipinski definition) is 1. The van der Waals surface area contributed by atoms with Crippen molar-refractivity contribution in [3.8, 4) is 0 Å². The van der Waals surface area contributed by atoms with Crippen LogP contribution in [0, 0.1) is 0 Å². The molecule has 1 heterocycles. The van der Waals surface area contributed by atoms with E-state index < -0.39 is 7.26 Å². The summed E-state index contributed by atoms with van der Waals surface area (Å²) in [6.07, 6.45) is 0. The zero-order valence-corrected chi connectivity index (χ0v) is 17.5. The summed E-state index contributed by atoms with van der Waals surface area (Å²) in [4.78, 5) is 0. The van der Waals surface area contributed by atoms with Gasteiger partial charge in [0.15, 0.2) is 11.5 Å². The van der Waals surface area contributed by atoms with E-state index in [-0.39, 0.29) is 0 Å². The van der Waals surface area contributed by atoms with Gasteiger partial charge in [-0.3, -0.25) is 0 Å². The van der Waals surface area contributed by atoms with Gasteiger partial charge in [-0.05, 0) is 24.3 Å². The highest BCUT2D eigenvalue weighted by Crippen LogP contribution is 2.64. The molecule has 0 spiro atoms. The van der Waals surface area contributed by atoms with Gasteiger partial charge in [0, 0.05) is 11.1 Å². The first-order valence-corrected chi connectivity index (χ1v) is 12.0. The Labute approximate surface area is 178 Å². The van der Waals surface area contributed by atoms with E-state index in [0.717, 1.165) is 22.6 Å². The van der Waals surface area contributed by atoms with Crippen LogP contribution in [-0.2, 0) is 4.74 Å². The minimum atomic E-state index is -1.99. The van der Waals surface area contributed by atoms with Crippen molar-refractivity contribution in [2.24, 2.45) is 0 Å². The molecule has 0 saturated heterocycles. The number of benzene rings is 4. The predicted molar refractivity (Wildman–Crippen MR) is 129 cm³/mol. The molecule has 0 N–H and O–H groups in total. The largest absolute Gasteiger partial charge is 0.449 e. The molecule has 1 aliphatic heterocycles. The van der Waals surface area contributed by atoms with E-state index in [9.17, 15) is 0 Å². The molecule has 0 aliphatic carbocycles. The second-order valence-electron chi connectivity index (χ2n) is 7.27. The van der Waals surface area contributed by atoms with Crippen molar-refractivity contribution in [1.29, 1.82) is 0 Å². The Balaban J connectivity index is 1.80. The van der Waals surface area contributed by atoms with Crippen molar-refractivity contribution in [2.75, 3.05) is 0 Å². The van der Waals surface area contributed by atoms with E-state index in [2.05, 4.69) is 121 Å². The molecule has 0 aromatic heterocycles. The molecule has 1 nitrogen and oxygen atoms in total. The Hall–Kier alpha value is -3.41. The molecule has 0 amide bonds. The van der Waals surface area contributed by atoms with Crippen LogP contribution in [0.25, 0.3) is 11.5 Å². The summed E-state index contributed by atoms with van der Waals surface area (Å²) in [6, 6.07) is 42.4. The molecule has 1 aliphatic rings. The summed E-state index contributed by atoms with van der Waals surface area (Å²) in [5.41, 5.74) is 2.19. The molecular formula is C28H22OP+. The molecule has 2 heteroatoms. The van der Waals surface area contributed by atoms with E-state index >= 15 is 0 Å². The molecule has 0 saturated carbocycles. The number of rotatable bonds is 4. The lowest BCUT2D eigenvalue weighted by molar-refractivity contribution is 0.471. The van der Waals surface area contributed by atoms with Crippen LogP contribution in [0.1, 0.15) is 11.1 Å². The highest BCUT2D eigenvalue weighted by molar-refractivity contribution is 7.95. The molecule has 4 aromatic rings. The van der Waals surface area contributed by atoms with Gasteiger partial charge in [-0.15, -0.1) is 0 Å². The third kappa shape index (κ3) is 3.49. The Morgan fingerprint density at radius 1 is 0.400 bits per heavy atom. The maximum Gasteiger partial charge on any atom is 0.170 e. The van der Waals surface area contributed by atoms with Gasteiger partial charge in [0.25, 0.3) is 0 Å². The van der Waals surface area contributed by atoms with Gasteiger partial charge in [0.1, 0.15) is 29.5 Å². The van der Waals surface area contributed by atoms with Crippen molar-refractivity contribution in [1.82, 2.24) is 0 Å². The zero-order valence-electron chi connectivity index (χ0n) is 16.6. The van der Waals surface area contributed by atoms with E-state index in [4.69, 9.17) is 4.74 Å². The summed E-state index contributed by atoms with van der Waals surface area (Å²) < 4.78 is 6.51. The summed E-state index contributed by atoms with van der Waals surface area (Å²) in [6.45, 7) is 0. The quantitative estimate of drug-likeness (QED) is 0.344. The highest BCUT2D eigenvalue weighted by atomic mass is 31.2. The standard InChI is InChI=1S/C28H22OP/c1-5-13-23(14-6-1)27-21-30(25-17-9-3-10-18-25,26-19-11-4-12-20-26)22-28(29-27)24-15-7-2-8-16-24/h1-22H/q+1. The van der Waals surface area contributed by atoms with Crippen LogP contribution in [0.3, 0.4) is 0 Å². The third-order valence-corrected chi connectivity index (χ3v) is 8.93. The first-order chi connectivity index (χ1) is 14.9. The van der Waals surface area contributed by atoms with Crippen LogP contribution in [0.4, 0.5) is 0 Å². The van der Waals surface area contributed by atoms with Crippen molar-refractivity contribution in [3.05, 3.63) is 144 Å². The van der Waals surface area contributed by atoms with Gasteiger partial charge >= 0.3 is 0 Å². The molecule has 30 heavy (non-hydrogen) atoms. The van der Waals surface area contributed by atoms with E-state index in [0.29, 0.717) is 0 Å². The van der Waals surface area contributed by atoms with E-state index in [1.54, 1.807) is 0 Å². The minimum absolute atomic E-state index is 0.915. The molecule has 0 atom stereocenters. The Kier molecular flexibility index (Phi) is 5.05. The Morgan fingerprint density at radius 3 is 1.10 bits per heavy atom. The fourth-order valence-electron chi connectivity index (χ4n) is 3.85. The average molecular weight is 405 g/mol. The third-order valence-electron chi connectivity index (χ3n) is 5.35.